The fourth-order valence-corrected chi connectivity index (χ4v) is 3.54. The average Bonchev–Trinajstić information content (AvgIpc) is 2.95. The molecule has 0 spiro atoms. The topological polar surface area (TPSA) is 67.9 Å². The third-order valence-corrected chi connectivity index (χ3v) is 4.91. The molecular weight excluding hydrogens is 490 g/mol. The second-order valence-corrected chi connectivity index (χ2v) is 7.16. The highest BCUT2D eigenvalue weighted by atomic mass is 127. The number of hydrogen-bond acceptors (Lipinski definition) is 4. The maximum absolute atomic E-state index is 13.9. The van der Waals surface area contributed by atoms with Gasteiger partial charge in [0.2, 0.25) is 0 Å². The molecule has 2 aromatic carbocycles. The summed E-state index contributed by atoms with van der Waals surface area (Å²) in [6, 6.07) is 8.82. The minimum absolute atomic E-state index is 0.0847. The maximum atomic E-state index is 13.9. The van der Waals surface area contributed by atoms with Gasteiger partial charge in [-0.1, -0.05) is 24.1 Å². The Bertz CT molecular complexity index is 1050. The first kappa shape index (κ1) is 20.7. The largest absolute Gasteiger partial charge is 0.493 e. The molecule has 6 nitrogen and oxygen atoms in total. The van der Waals surface area contributed by atoms with Crippen LogP contribution >= 0.6 is 22.6 Å². The molecule has 1 saturated heterocycles. The van der Waals surface area contributed by atoms with Crippen LogP contribution in [0.5, 0.6) is 11.5 Å². The van der Waals surface area contributed by atoms with Crippen molar-refractivity contribution in [3.63, 3.8) is 0 Å². The number of hydrogen-bond donors (Lipinski definition) is 1. The summed E-state index contributed by atoms with van der Waals surface area (Å²) in [6.45, 7) is -0.0687. The van der Waals surface area contributed by atoms with Crippen LogP contribution < -0.4 is 14.8 Å². The lowest BCUT2D eigenvalue weighted by Crippen LogP contribution is -2.30. The molecule has 3 rings (SSSR count). The van der Waals surface area contributed by atoms with E-state index in [2.05, 4.69) is 33.8 Å². The van der Waals surface area contributed by atoms with Gasteiger partial charge in [-0.25, -0.2) is 9.18 Å². The maximum Gasteiger partial charge on any atom is 0.329 e. The van der Waals surface area contributed by atoms with E-state index in [0.29, 0.717) is 17.1 Å². The Kier molecular flexibility index (Phi) is 6.39. The van der Waals surface area contributed by atoms with Crippen molar-refractivity contribution in [1.29, 1.82) is 0 Å². The summed E-state index contributed by atoms with van der Waals surface area (Å²) >= 11 is 2.07. The number of carbonyl (C=O) groups is 2. The van der Waals surface area contributed by atoms with Gasteiger partial charge in [-0.2, -0.15) is 0 Å². The zero-order valence-corrected chi connectivity index (χ0v) is 17.5. The van der Waals surface area contributed by atoms with E-state index in [0.717, 1.165) is 8.47 Å². The molecule has 1 heterocycles. The van der Waals surface area contributed by atoms with Crippen molar-refractivity contribution in [1.82, 2.24) is 10.2 Å². The Morgan fingerprint density at radius 3 is 2.76 bits per heavy atom. The quantitative estimate of drug-likeness (QED) is 0.282. The second-order valence-electron chi connectivity index (χ2n) is 6.00. The molecule has 148 valence electrons. The highest BCUT2D eigenvalue weighted by Crippen LogP contribution is 2.34. The van der Waals surface area contributed by atoms with E-state index in [9.17, 15) is 14.0 Å². The van der Waals surface area contributed by atoms with E-state index in [1.807, 2.05) is 0 Å². The number of methoxy groups -OCH3 is 1. The van der Waals surface area contributed by atoms with Gasteiger partial charge in [-0.15, -0.1) is 6.42 Å². The van der Waals surface area contributed by atoms with E-state index >= 15 is 0 Å². The molecule has 2 aromatic rings. The van der Waals surface area contributed by atoms with E-state index in [-0.39, 0.29) is 24.4 Å². The van der Waals surface area contributed by atoms with Gasteiger partial charge in [0.25, 0.3) is 5.91 Å². The number of rotatable bonds is 6. The van der Waals surface area contributed by atoms with Crippen LogP contribution in [0.25, 0.3) is 6.08 Å². The SMILES string of the molecule is C#CCOc1c(I)cc(/C=C2/NC(=O)N(Cc3ccccc3F)C2=O)cc1OC. The number of nitrogens with zero attached hydrogens (tertiary/aromatic N) is 1. The lowest BCUT2D eigenvalue weighted by molar-refractivity contribution is -0.123. The minimum atomic E-state index is -0.611. The van der Waals surface area contributed by atoms with Gasteiger partial charge in [0, 0.05) is 5.56 Å². The molecule has 0 aromatic heterocycles. The first-order chi connectivity index (χ1) is 13.9. The highest BCUT2D eigenvalue weighted by molar-refractivity contribution is 14.1. The van der Waals surface area contributed by atoms with Crippen molar-refractivity contribution in [2.45, 2.75) is 6.54 Å². The lowest BCUT2D eigenvalue weighted by Gasteiger charge is -2.12. The number of nitrogens with one attached hydrogen (secondary N) is 1. The normalized spacial score (nSPS) is 14.7. The van der Waals surface area contributed by atoms with E-state index in [1.165, 1.54) is 25.3 Å². The van der Waals surface area contributed by atoms with Gasteiger partial charge in [-0.3, -0.25) is 9.69 Å². The van der Waals surface area contributed by atoms with Gasteiger partial charge in [0.15, 0.2) is 11.5 Å². The molecule has 0 saturated carbocycles. The van der Waals surface area contributed by atoms with Gasteiger partial charge >= 0.3 is 6.03 Å². The molecule has 1 aliphatic heterocycles. The van der Waals surface area contributed by atoms with Crippen LogP contribution in [0.2, 0.25) is 0 Å². The molecule has 1 aliphatic rings. The minimum Gasteiger partial charge on any atom is -0.493 e. The number of carbonyl (C=O) groups excluding carboxylic acids is 2. The summed E-state index contributed by atoms with van der Waals surface area (Å²) in [5.41, 5.74) is 0.959. The van der Waals surface area contributed by atoms with Crippen LogP contribution in [0.4, 0.5) is 9.18 Å². The van der Waals surface area contributed by atoms with Crippen LogP contribution in [0.15, 0.2) is 42.1 Å². The summed E-state index contributed by atoms with van der Waals surface area (Å²) < 4.78 is 25.4. The summed E-state index contributed by atoms with van der Waals surface area (Å²) in [7, 11) is 1.49. The molecular formula is C21H16FIN2O4. The third kappa shape index (κ3) is 4.51. The first-order valence-corrected chi connectivity index (χ1v) is 9.54. The molecule has 0 bridgehead atoms. The fourth-order valence-electron chi connectivity index (χ4n) is 2.76. The summed E-state index contributed by atoms with van der Waals surface area (Å²) in [5.74, 6) is 2.31. The molecule has 1 fully saturated rings. The van der Waals surface area contributed by atoms with Gasteiger partial charge in [0.05, 0.1) is 17.2 Å². The number of benzene rings is 2. The van der Waals surface area contributed by atoms with E-state index in [1.54, 1.807) is 24.3 Å². The number of ether oxygens (including phenoxy) is 2. The monoisotopic (exact) mass is 506 g/mol. The molecule has 0 atom stereocenters. The molecule has 0 radical (unpaired) electrons. The van der Waals surface area contributed by atoms with Crippen molar-refractivity contribution >= 4 is 40.6 Å². The fraction of sp³-hybridized carbons (Fsp3) is 0.143. The summed E-state index contributed by atoms with van der Waals surface area (Å²) in [6.07, 6.45) is 6.75. The van der Waals surface area contributed by atoms with Gasteiger partial charge in [0.1, 0.15) is 18.1 Å². The van der Waals surface area contributed by atoms with Crippen molar-refractivity contribution in [3.05, 3.63) is 62.6 Å². The number of halogens is 2. The van der Waals surface area contributed by atoms with Crippen LogP contribution in [-0.2, 0) is 11.3 Å². The van der Waals surface area contributed by atoms with E-state index < -0.39 is 17.8 Å². The van der Waals surface area contributed by atoms with E-state index in [4.69, 9.17) is 15.9 Å². The third-order valence-electron chi connectivity index (χ3n) is 4.11. The zero-order chi connectivity index (χ0) is 21.0. The summed E-state index contributed by atoms with van der Waals surface area (Å²) in [5, 5.41) is 2.52. The number of imide groups is 1. The van der Waals surface area contributed by atoms with Crippen LogP contribution in [0.3, 0.4) is 0 Å². The molecule has 0 unspecified atom stereocenters. The standard InChI is InChI=1S/C21H16FIN2O4/c1-3-8-29-19-16(23)9-13(11-18(19)28-2)10-17-20(26)25(21(27)24-17)12-14-6-4-5-7-15(14)22/h1,4-7,9-11H,8,12H2,2H3,(H,24,27)/b17-10+. The van der Waals surface area contributed by atoms with Crippen molar-refractivity contribution < 1.29 is 23.5 Å². The molecule has 1 N–H and O–H groups in total. The number of amides is 3. The molecule has 3 amide bonds. The van der Waals surface area contributed by atoms with Crippen LogP contribution in [-0.4, -0.2) is 30.6 Å². The predicted molar refractivity (Wildman–Crippen MR) is 113 cm³/mol. The van der Waals surface area contributed by atoms with Crippen LogP contribution in [0, 0.1) is 21.7 Å². The van der Waals surface area contributed by atoms with Gasteiger partial charge in [-0.05, 0) is 52.4 Å². The smallest absolute Gasteiger partial charge is 0.329 e. The number of urea groups is 1. The number of terminal acetylenes is 1. The molecule has 29 heavy (non-hydrogen) atoms. The Morgan fingerprint density at radius 2 is 2.07 bits per heavy atom. The molecule has 8 heteroatoms. The van der Waals surface area contributed by atoms with Gasteiger partial charge < -0.3 is 14.8 Å². The average molecular weight is 506 g/mol. The Balaban J connectivity index is 1.87. The second kappa shape index (κ2) is 8.96. The first-order valence-electron chi connectivity index (χ1n) is 8.46. The van der Waals surface area contributed by atoms with Crippen molar-refractivity contribution in [2.75, 3.05) is 13.7 Å². The highest BCUT2D eigenvalue weighted by Gasteiger charge is 2.34. The Morgan fingerprint density at radius 1 is 1.31 bits per heavy atom. The Labute approximate surface area is 180 Å². The van der Waals surface area contributed by atoms with Crippen molar-refractivity contribution in [2.24, 2.45) is 0 Å². The lowest BCUT2D eigenvalue weighted by atomic mass is 10.1. The predicted octanol–water partition coefficient (Wildman–Crippen LogP) is 3.54. The Hall–Kier alpha value is -3.06. The zero-order valence-electron chi connectivity index (χ0n) is 15.4. The van der Waals surface area contributed by atoms with Crippen molar-refractivity contribution in [3.8, 4) is 23.8 Å². The van der Waals surface area contributed by atoms with Crippen LogP contribution in [0.1, 0.15) is 11.1 Å². The molecule has 0 aliphatic carbocycles. The summed E-state index contributed by atoms with van der Waals surface area (Å²) in [4.78, 5) is 25.8.